The number of nitrogens with zero attached hydrogens (tertiary/aromatic N) is 4. The third kappa shape index (κ3) is 3.13. The second kappa shape index (κ2) is 7.08. The van der Waals surface area contributed by atoms with Gasteiger partial charge in [-0.05, 0) is 30.3 Å². The molecule has 4 rings (SSSR count). The molecule has 0 aliphatic carbocycles. The average Bonchev–Trinajstić information content (AvgIpc) is 3.24. The predicted molar refractivity (Wildman–Crippen MR) is 99.7 cm³/mol. The van der Waals surface area contributed by atoms with Crippen LogP contribution in [-0.2, 0) is 4.74 Å². The minimum atomic E-state index is -0.613. The highest BCUT2D eigenvalue weighted by molar-refractivity contribution is 5.93. The lowest BCUT2D eigenvalue weighted by molar-refractivity contribution is 0.0963. The van der Waals surface area contributed by atoms with Crippen LogP contribution >= 0.6 is 0 Å². The van der Waals surface area contributed by atoms with Crippen molar-refractivity contribution in [2.24, 2.45) is 0 Å². The van der Waals surface area contributed by atoms with Gasteiger partial charge in [-0.3, -0.25) is 9.80 Å². The number of cyclic esters (lactones) is 1. The molecule has 1 N–H and O–H groups in total. The van der Waals surface area contributed by atoms with Crippen LogP contribution in [0.25, 0.3) is 11.1 Å². The van der Waals surface area contributed by atoms with E-state index in [1.807, 2.05) is 0 Å². The molecule has 1 aromatic carbocycles. The lowest BCUT2D eigenvalue weighted by Gasteiger charge is -2.16. The van der Waals surface area contributed by atoms with Gasteiger partial charge in [0.1, 0.15) is 17.7 Å². The van der Waals surface area contributed by atoms with E-state index in [0.29, 0.717) is 35.7 Å². The minimum absolute atomic E-state index is 0.116. The van der Waals surface area contributed by atoms with E-state index in [1.165, 1.54) is 17.2 Å². The number of aliphatic hydroxyl groups excluding tert-OH is 1. The standard InChI is InChI=1S/C19H19FN4O4/c1-22-6-7-23(18(22)26)17-5-2-12(9-21-17)15-4-3-13(8-16(15)20)24-10-14(11-25)28-19(24)27/h2-5,8-9,14,25H,6-7,10-11H2,1H3. The van der Waals surface area contributed by atoms with Crippen LogP contribution in [0.15, 0.2) is 36.5 Å². The molecule has 0 bridgehead atoms. The number of rotatable bonds is 4. The van der Waals surface area contributed by atoms with Crippen molar-refractivity contribution < 1.29 is 23.8 Å². The normalized spacial score (nSPS) is 19.5. The van der Waals surface area contributed by atoms with E-state index in [9.17, 15) is 14.0 Å². The molecule has 2 aliphatic heterocycles. The summed E-state index contributed by atoms with van der Waals surface area (Å²) in [6.07, 6.45) is 0.294. The third-order valence-electron chi connectivity index (χ3n) is 4.89. The molecule has 3 amide bonds. The average molecular weight is 386 g/mol. The number of amides is 3. The second-order valence-corrected chi connectivity index (χ2v) is 6.72. The maximum absolute atomic E-state index is 14.7. The zero-order chi connectivity index (χ0) is 19.8. The van der Waals surface area contributed by atoms with Crippen LogP contribution in [0.2, 0.25) is 0 Å². The molecule has 0 spiro atoms. The second-order valence-electron chi connectivity index (χ2n) is 6.72. The third-order valence-corrected chi connectivity index (χ3v) is 4.89. The number of benzene rings is 1. The lowest BCUT2D eigenvalue weighted by Crippen LogP contribution is -2.29. The summed E-state index contributed by atoms with van der Waals surface area (Å²) in [7, 11) is 1.73. The van der Waals surface area contributed by atoms with Crippen molar-refractivity contribution in [3.05, 3.63) is 42.3 Å². The summed E-state index contributed by atoms with van der Waals surface area (Å²) >= 11 is 0. The van der Waals surface area contributed by atoms with E-state index in [4.69, 9.17) is 9.84 Å². The Bertz CT molecular complexity index is 921. The van der Waals surface area contributed by atoms with Crippen LogP contribution in [0.4, 0.5) is 25.5 Å². The first-order valence-corrected chi connectivity index (χ1v) is 8.85. The van der Waals surface area contributed by atoms with E-state index in [1.54, 1.807) is 41.1 Å². The lowest BCUT2D eigenvalue weighted by atomic mass is 10.1. The fourth-order valence-electron chi connectivity index (χ4n) is 3.30. The Kier molecular flexibility index (Phi) is 4.60. The number of carbonyl (C=O) groups excluding carboxylic acids is 2. The molecule has 2 aliphatic rings. The molecule has 1 unspecified atom stereocenters. The van der Waals surface area contributed by atoms with E-state index in [0.717, 1.165) is 0 Å². The van der Waals surface area contributed by atoms with E-state index < -0.39 is 18.0 Å². The molecule has 28 heavy (non-hydrogen) atoms. The first-order valence-electron chi connectivity index (χ1n) is 8.85. The summed E-state index contributed by atoms with van der Waals surface area (Å²) in [4.78, 5) is 32.6. The van der Waals surface area contributed by atoms with Crippen LogP contribution in [0, 0.1) is 5.82 Å². The molecule has 9 heteroatoms. The Hall–Kier alpha value is -3.20. The van der Waals surface area contributed by atoms with Crippen molar-refractivity contribution in [3.63, 3.8) is 0 Å². The molecule has 8 nitrogen and oxygen atoms in total. The van der Waals surface area contributed by atoms with E-state index in [2.05, 4.69) is 4.98 Å². The fourth-order valence-corrected chi connectivity index (χ4v) is 3.30. The molecular formula is C19H19FN4O4. The highest BCUT2D eigenvalue weighted by Gasteiger charge is 2.32. The van der Waals surface area contributed by atoms with Gasteiger partial charge in [0.25, 0.3) is 0 Å². The van der Waals surface area contributed by atoms with Crippen LogP contribution in [0.3, 0.4) is 0 Å². The van der Waals surface area contributed by atoms with Gasteiger partial charge in [-0.2, -0.15) is 0 Å². The van der Waals surface area contributed by atoms with Crippen LogP contribution in [-0.4, -0.2) is 66.5 Å². The highest BCUT2D eigenvalue weighted by Crippen LogP contribution is 2.29. The summed E-state index contributed by atoms with van der Waals surface area (Å²) in [5.41, 5.74) is 1.25. The van der Waals surface area contributed by atoms with Crippen molar-refractivity contribution in [2.45, 2.75) is 6.10 Å². The summed E-state index contributed by atoms with van der Waals surface area (Å²) in [6, 6.07) is 7.71. The summed E-state index contributed by atoms with van der Waals surface area (Å²) < 4.78 is 19.7. The molecule has 0 radical (unpaired) electrons. The fraction of sp³-hybridized carbons (Fsp3) is 0.316. The van der Waals surface area contributed by atoms with Crippen molar-refractivity contribution in [1.82, 2.24) is 9.88 Å². The maximum Gasteiger partial charge on any atom is 0.414 e. The molecular weight excluding hydrogens is 367 g/mol. The summed E-state index contributed by atoms with van der Waals surface area (Å²) in [5.74, 6) is 0.00858. The maximum atomic E-state index is 14.7. The number of aromatic nitrogens is 1. The number of aliphatic hydroxyl groups is 1. The molecule has 3 heterocycles. The Morgan fingerprint density at radius 1 is 1.21 bits per heavy atom. The van der Waals surface area contributed by atoms with Crippen molar-refractivity contribution in [3.8, 4) is 11.1 Å². The molecule has 2 saturated heterocycles. The Labute approximate surface area is 160 Å². The van der Waals surface area contributed by atoms with Gasteiger partial charge in [0.2, 0.25) is 0 Å². The molecule has 2 fully saturated rings. The van der Waals surface area contributed by atoms with Gasteiger partial charge >= 0.3 is 12.1 Å². The number of hydrogen-bond acceptors (Lipinski definition) is 5. The van der Waals surface area contributed by atoms with Gasteiger partial charge in [-0.1, -0.05) is 0 Å². The zero-order valence-corrected chi connectivity index (χ0v) is 15.2. The Balaban J connectivity index is 1.55. The van der Waals surface area contributed by atoms with Gasteiger partial charge in [0, 0.05) is 37.5 Å². The summed E-state index contributed by atoms with van der Waals surface area (Å²) in [6.45, 7) is 1.08. The van der Waals surface area contributed by atoms with Crippen molar-refractivity contribution in [1.29, 1.82) is 0 Å². The molecule has 1 aromatic heterocycles. The number of halogens is 1. The van der Waals surface area contributed by atoms with Crippen LogP contribution in [0.5, 0.6) is 0 Å². The minimum Gasteiger partial charge on any atom is -0.441 e. The molecule has 0 saturated carbocycles. The van der Waals surface area contributed by atoms with Gasteiger partial charge in [-0.25, -0.2) is 19.0 Å². The van der Waals surface area contributed by atoms with Crippen molar-refractivity contribution in [2.75, 3.05) is 43.1 Å². The number of ether oxygens (including phenoxy) is 1. The van der Waals surface area contributed by atoms with E-state index >= 15 is 0 Å². The SMILES string of the molecule is CN1CCN(c2ccc(-c3ccc(N4CC(CO)OC4=O)cc3F)cn2)C1=O. The van der Waals surface area contributed by atoms with Gasteiger partial charge in [0.05, 0.1) is 18.8 Å². The first kappa shape index (κ1) is 18.2. The number of hydrogen-bond donors (Lipinski definition) is 1. The molecule has 1 atom stereocenters. The smallest absolute Gasteiger partial charge is 0.414 e. The van der Waals surface area contributed by atoms with Gasteiger partial charge in [-0.15, -0.1) is 0 Å². The van der Waals surface area contributed by atoms with Gasteiger partial charge in [0.15, 0.2) is 0 Å². The number of likely N-dealkylation sites (N-methyl/N-ethyl adjacent to an activating group) is 1. The van der Waals surface area contributed by atoms with Gasteiger partial charge < -0.3 is 14.7 Å². The topological polar surface area (TPSA) is 86.2 Å². The highest BCUT2D eigenvalue weighted by atomic mass is 19.1. The molecule has 2 aromatic rings. The largest absolute Gasteiger partial charge is 0.441 e. The predicted octanol–water partition coefficient (Wildman–Crippen LogP) is 2.08. The number of carbonyl (C=O) groups is 2. The number of pyridine rings is 1. The Morgan fingerprint density at radius 2 is 2.04 bits per heavy atom. The quantitative estimate of drug-likeness (QED) is 0.870. The Morgan fingerprint density at radius 3 is 2.61 bits per heavy atom. The summed E-state index contributed by atoms with van der Waals surface area (Å²) in [5, 5.41) is 9.12. The zero-order valence-electron chi connectivity index (χ0n) is 15.2. The van der Waals surface area contributed by atoms with Crippen LogP contribution < -0.4 is 9.80 Å². The van der Waals surface area contributed by atoms with Crippen LogP contribution in [0.1, 0.15) is 0 Å². The first-order chi connectivity index (χ1) is 13.5. The molecule has 146 valence electrons. The monoisotopic (exact) mass is 386 g/mol. The van der Waals surface area contributed by atoms with E-state index in [-0.39, 0.29) is 19.2 Å². The van der Waals surface area contributed by atoms with Crippen molar-refractivity contribution >= 4 is 23.6 Å². The number of urea groups is 1. The number of anilines is 2.